The maximum Gasteiger partial charge on any atom is 0.417 e. The number of likely N-dealkylation sites (tertiary alicyclic amines) is 1. The Morgan fingerprint density at radius 3 is 2.36 bits per heavy atom. The minimum atomic E-state index is -5.10. The molecule has 2 aromatic rings. The van der Waals surface area contributed by atoms with E-state index in [0.29, 0.717) is 37.3 Å². The Balaban J connectivity index is 1.65. The molecule has 4 rings (SSSR count). The smallest absolute Gasteiger partial charge is 0.417 e. The highest BCUT2D eigenvalue weighted by Gasteiger charge is 2.39. The summed E-state index contributed by atoms with van der Waals surface area (Å²) in [6.07, 6.45) is -8.57. The van der Waals surface area contributed by atoms with Gasteiger partial charge in [0.1, 0.15) is 18.2 Å². The van der Waals surface area contributed by atoms with Gasteiger partial charge in [0.2, 0.25) is 0 Å². The first-order valence-corrected chi connectivity index (χ1v) is 9.72. The molecule has 2 aliphatic rings. The molecule has 0 bridgehead atoms. The molecule has 4 nitrogen and oxygen atoms in total. The normalized spacial score (nSPS) is 17.1. The van der Waals surface area contributed by atoms with Crippen molar-refractivity contribution >= 4 is 12.0 Å². The molecule has 0 atom stereocenters. The summed E-state index contributed by atoms with van der Waals surface area (Å²) < 4.78 is 99.5. The van der Waals surface area contributed by atoms with Gasteiger partial charge in [-0.25, -0.2) is 4.39 Å². The van der Waals surface area contributed by atoms with Gasteiger partial charge in [-0.1, -0.05) is 6.07 Å². The van der Waals surface area contributed by atoms with E-state index in [0.717, 1.165) is 12.1 Å². The van der Waals surface area contributed by atoms with Crippen LogP contribution in [-0.2, 0) is 17.1 Å². The van der Waals surface area contributed by atoms with Gasteiger partial charge in [0.05, 0.1) is 22.6 Å². The zero-order chi connectivity index (χ0) is 24.1. The van der Waals surface area contributed by atoms with Crippen LogP contribution in [0.15, 0.2) is 35.9 Å². The van der Waals surface area contributed by atoms with E-state index in [1.54, 1.807) is 0 Å². The van der Waals surface area contributed by atoms with E-state index in [1.165, 1.54) is 6.08 Å². The van der Waals surface area contributed by atoms with Gasteiger partial charge in [-0.15, -0.1) is 0 Å². The summed E-state index contributed by atoms with van der Waals surface area (Å²) >= 11 is 0. The summed E-state index contributed by atoms with van der Waals surface area (Å²) in [4.78, 5) is 12.7. The van der Waals surface area contributed by atoms with E-state index in [2.05, 4.69) is 0 Å². The number of carbonyl (C=O) groups is 1. The number of fused-ring (bicyclic) bond motifs is 1. The lowest BCUT2D eigenvalue weighted by atomic mass is 9.94. The SMILES string of the molecule is O=C(O)C1CN(CC2=Cc3c(F)cc(-c4ccc(C(F)(F)F)cc4C(F)(F)F)cc3OC2)C1. The lowest BCUT2D eigenvalue weighted by molar-refractivity contribution is -0.147. The van der Waals surface area contributed by atoms with Crippen LogP contribution in [0.1, 0.15) is 16.7 Å². The van der Waals surface area contributed by atoms with Crippen LogP contribution >= 0.6 is 0 Å². The molecule has 0 radical (unpaired) electrons. The van der Waals surface area contributed by atoms with E-state index in [4.69, 9.17) is 9.84 Å². The molecule has 0 unspecified atom stereocenters. The van der Waals surface area contributed by atoms with Crippen molar-refractivity contribution in [3.05, 3.63) is 58.4 Å². The monoisotopic (exact) mass is 475 g/mol. The minimum Gasteiger partial charge on any atom is -0.488 e. The molecule has 0 saturated carbocycles. The molecule has 1 fully saturated rings. The van der Waals surface area contributed by atoms with Crippen LogP contribution in [-0.4, -0.2) is 42.2 Å². The minimum absolute atomic E-state index is 0.00298. The molecule has 2 heterocycles. The topological polar surface area (TPSA) is 49.8 Å². The van der Waals surface area contributed by atoms with Gasteiger partial charge in [0, 0.05) is 19.6 Å². The molecular weight excluding hydrogens is 459 g/mol. The van der Waals surface area contributed by atoms with Gasteiger partial charge in [-0.05, 0) is 47.0 Å². The highest BCUT2D eigenvalue weighted by molar-refractivity contribution is 5.75. The third-order valence-electron chi connectivity index (χ3n) is 5.55. The maximum absolute atomic E-state index is 14.8. The fraction of sp³-hybridized carbons (Fsp3) is 0.318. The molecular formula is C22H16F7NO3. The number of benzene rings is 2. The summed E-state index contributed by atoms with van der Waals surface area (Å²) in [5.74, 6) is -2.28. The van der Waals surface area contributed by atoms with Crippen molar-refractivity contribution in [1.82, 2.24) is 4.90 Å². The van der Waals surface area contributed by atoms with Crippen LogP contribution in [0.5, 0.6) is 5.75 Å². The summed E-state index contributed by atoms with van der Waals surface area (Å²) in [6.45, 7) is 1.05. The van der Waals surface area contributed by atoms with E-state index < -0.39 is 46.7 Å². The lowest BCUT2D eigenvalue weighted by Gasteiger charge is -2.37. The molecule has 0 amide bonds. The predicted octanol–water partition coefficient (Wildman–Crippen LogP) is 5.32. The van der Waals surface area contributed by atoms with Crippen LogP contribution in [0.3, 0.4) is 0 Å². The van der Waals surface area contributed by atoms with E-state index >= 15 is 0 Å². The van der Waals surface area contributed by atoms with Gasteiger partial charge in [0.25, 0.3) is 0 Å². The first-order chi connectivity index (χ1) is 15.3. The Kier molecular flexibility index (Phi) is 5.63. The molecule has 2 aliphatic heterocycles. The van der Waals surface area contributed by atoms with E-state index in [9.17, 15) is 35.5 Å². The number of alkyl halides is 6. The molecule has 11 heteroatoms. The van der Waals surface area contributed by atoms with Crippen molar-refractivity contribution in [2.75, 3.05) is 26.2 Å². The number of hydrogen-bond acceptors (Lipinski definition) is 3. The first kappa shape index (κ1) is 23.1. The van der Waals surface area contributed by atoms with Crippen molar-refractivity contribution in [3.63, 3.8) is 0 Å². The zero-order valence-corrected chi connectivity index (χ0v) is 16.7. The second-order valence-electron chi connectivity index (χ2n) is 7.95. The second-order valence-corrected chi connectivity index (χ2v) is 7.95. The highest BCUT2D eigenvalue weighted by Crippen LogP contribution is 2.43. The number of rotatable bonds is 4. The fourth-order valence-corrected chi connectivity index (χ4v) is 3.86. The molecule has 176 valence electrons. The average Bonchev–Trinajstić information content (AvgIpc) is 2.68. The number of hydrogen-bond donors (Lipinski definition) is 1. The van der Waals surface area contributed by atoms with Crippen molar-refractivity contribution in [1.29, 1.82) is 0 Å². The third kappa shape index (κ3) is 4.68. The van der Waals surface area contributed by atoms with Crippen LogP contribution in [0, 0.1) is 11.7 Å². The summed E-state index contributed by atoms with van der Waals surface area (Å²) in [6, 6.07) is 3.16. The molecule has 1 N–H and O–H groups in total. The first-order valence-electron chi connectivity index (χ1n) is 9.72. The maximum atomic E-state index is 14.8. The quantitative estimate of drug-likeness (QED) is 0.608. The number of ether oxygens (including phenoxy) is 1. The van der Waals surface area contributed by atoms with Crippen molar-refractivity contribution < 1.29 is 45.4 Å². The number of halogens is 7. The Bertz CT molecular complexity index is 1130. The number of nitrogens with zero attached hydrogens (tertiary/aromatic N) is 1. The summed E-state index contributed by atoms with van der Waals surface area (Å²) in [7, 11) is 0. The Labute approximate surface area is 182 Å². The molecule has 0 aromatic heterocycles. The van der Waals surface area contributed by atoms with Crippen LogP contribution in [0.4, 0.5) is 30.7 Å². The average molecular weight is 475 g/mol. The Morgan fingerprint density at radius 1 is 1.06 bits per heavy atom. The third-order valence-corrected chi connectivity index (χ3v) is 5.55. The molecule has 2 aromatic carbocycles. The molecule has 33 heavy (non-hydrogen) atoms. The second kappa shape index (κ2) is 8.05. The fourth-order valence-electron chi connectivity index (χ4n) is 3.86. The van der Waals surface area contributed by atoms with Gasteiger partial charge in [0.15, 0.2) is 0 Å². The van der Waals surface area contributed by atoms with E-state index in [1.807, 2.05) is 4.90 Å². The molecule has 0 aliphatic carbocycles. The highest BCUT2D eigenvalue weighted by atomic mass is 19.4. The standard InChI is InChI=1S/C22H16F7NO3/c23-18-4-12(15-2-1-14(21(24,25)26)6-17(15)22(27,28)29)5-19-16(18)3-11(10-33-19)7-30-8-13(9-30)20(31)32/h1-6,13H,7-10H2,(H,31,32). The number of carboxylic acids is 1. The van der Waals surface area contributed by atoms with Gasteiger partial charge in [-0.2, -0.15) is 26.3 Å². The molecule has 1 saturated heterocycles. The van der Waals surface area contributed by atoms with Crippen LogP contribution in [0.2, 0.25) is 0 Å². The van der Waals surface area contributed by atoms with Gasteiger partial charge < -0.3 is 9.84 Å². The largest absolute Gasteiger partial charge is 0.488 e. The molecule has 0 spiro atoms. The van der Waals surface area contributed by atoms with Crippen LogP contribution in [0.25, 0.3) is 17.2 Å². The zero-order valence-electron chi connectivity index (χ0n) is 16.7. The predicted molar refractivity (Wildman–Crippen MR) is 103 cm³/mol. The van der Waals surface area contributed by atoms with E-state index in [-0.39, 0.29) is 29.5 Å². The Hall–Kier alpha value is -3.08. The van der Waals surface area contributed by atoms with Crippen molar-refractivity contribution in [3.8, 4) is 16.9 Å². The Morgan fingerprint density at radius 2 is 1.76 bits per heavy atom. The van der Waals surface area contributed by atoms with Gasteiger partial charge >= 0.3 is 18.3 Å². The van der Waals surface area contributed by atoms with Crippen LogP contribution < -0.4 is 4.74 Å². The lowest BCUT2D eigenvalue weighted by Crippen LogP contribution is -2.51. The van der Waals surface area contributed by atoms with Crippen molar-refractivity contribution in [2.45, 2.75) is 12.4 Å². The number of carboxylic acid groups (broad SMARTS) is 1. The summed E-state index contributed by atoms with van der Waals surface area (Å²) in [5, 5.41) is 8.93. The van der Waals surface area contributed by atoms with Crippen molar-refractivity contribution in [2.24, 2.45) is 5.92 Å². The number of aliphatic carboxylic acids is 1. The van der Waals surface area contributed by atoms with Gasteiger partial charge in [-0.3, -0.25) is 9.69 Å². The summed E-state index contributed by atoms with van der Waals surface area (Å²) in [5.41, 5.74) is -3.20.